The van der Waals surface area contributed by atoms with Crippen LogP contribution in [0.2, 0.25) is 0 Å². The standard InChI is InChI=1S/C12H18N2O2/c1-3-16-9-11-6-4-10(5-7-11)8-14-12(15)13-2/h4-7H,3,8-9H2,1-2H3,(H2,13,14,15). The zero-order chi connectivity index (χ0) is 11.8. The van der Waals surface area contributed by atoms with Gasteiger partial charge in [-0.1, -0.05) is 24.3 Å². The molecule has 88 valence electrons. The molecule has 0 aliphatic heterocycles. The highest BCUT2D eigenvalue weighted by Crippen LogP contribution is 2.05. The summed E-state index contributed by atoms with van der Waals surface area (Å²) >= 11 is 0. The van der Waals surface area contributed by atoms with Crippen molar-refractivity contribution in [3.63, 3.8) is 0 Å². The zero-order valence-electron chi connectivity index (χ0n) is 9.75. The molecule has 4 nitrogen and oxygen atoms in total. The lowest BCUT2D eigenvalue weighted by atomic mass is 10.1. The van der Waals surface area contributed by atoms with Crippen molar-refractivity contribution in [3.8, 4) is 0 Å². The second-order valence-electron chi connectivity index (χ2n) is 3.39. The molecule has 1 rings (SSSR count). The van der Waals surface area contributed by atoms with E-state index in [1.54, 1.807) is 7.05 Å². The number of benzene rings is 1. The minimum absolute atomic E-state index is 0.168. The Hall–Kier alpha value is -1.55. The summed E-state index contributed by atoms with van der Waals surface area (Å²) in [5.74, 6) is 0. The van der Waals surface area contributed by atoms with E-state index in [0.717, 1.165) is 17.7 Å². The van der Waals surface area contributed by atoms with Gasteiger partial charge in [0.1, 0.15) is 0 Å². The normalized spacial score (nSPS) is 9.88. The van der Waals surface area contributed by atoms with Crippen LogP contribution in [0.3, 0.4) is 0 Å². The number of carbonyl (C=O) groups is 1. The number of ether oxygens (including phenoxy) is 1. The van der Waals surface area contributed by atoms with Crippen LogP contribution in [0.15, 0.2) is 24.3 Å². The molecule has 2 amide bonds. The first-order chi connectivity index (χ1) is 7.76. The number of carbonyl (C=O) groups excluding carboxylic acids is 1. The van der Waals surface area contributed by atoms with E-state index in [4.69, 9.17) is 4.74 Å². The largest absolute Gasteiger partial charge is 0.377 e. The SMILES string of the molecule is CCOCc1ccc(CNC(=O)NC)cc1. The Balaban J connectivity index is 2.41. The van der Waals surface area contributed by atoms with Gasteiger partial charge in [0.05, 0.1) is 6.61 Å². The smallest absolute Gasteiger partial charge is 0.314 e. The fourth-order valence-electron chi connectivity index (χ4n) is 1.24. The molecule has 0 saturated carbocycles. The topological polar surface area (TPSA) is 50.4 Å². The number of urea groups is 1. The van der Waals surface area contributed by atoms with Crippen molar-refractivity contribution in [2.24, 2.45) is 0 Å². The van der Waals surface area contributed by atoms with E-state index >= 15 is 0 Å². The average Bonchev–Trinajstić information content (AvgIpc) is 2.34. The molecule has 2 N–H and O–H groups in total. The van der Waals surface area contributed by atoms with E-state index in [0.29, 0.717) is 13.2 Å². The van der Waals surface area contributed by atoms with Gasteiger partial charge in [-0.3, -0.25) is 0 Å². The summed E-state index contributed by atoms with van der Waals surface area (Å²) in [6, 6.07) is 7.83. The van der Waals surface area contributed by atoms with Crippen LogP contribution in [0.25, 0.3) is 0 Å². The number of nitrogens with one attached hydrogen (secondary N) is 2. The maximum Gasteiger partial charge on any atom is 0.314 e. The summed E-state index contributed by atoms with van der Waals surface area (Å²) in [5, 5.41) is 5.23. The van der Waals surface area contributed by atoms with Crippen molar-refractivity contribution in [2.75, 3.05) is 13.7 Å². The lowest BCUT2D eigenvalue weighted by Crippen LogP contribution is -2.32. The number of amides is 2. The van der Waals surface area contributed by atoms with Gasteiger partial charge in [0.15, 0.2) is 0 Å². The maximum absolute atomic E-state index is 11.0. The molecule has 0 aliphatic carbocycles. The average molecular weight is 222 g/mol. The molecule has 4 heteroatoms. The quantitative estimate of drug-likeness (QED) is 0.796. The molecular formula is C12H18N2O2. The predicted octanol–water partition coefficient (Wildman–Crippen LogP) is 1.65. The minimum Gasteiger partial charge on any atom is -0.377 e. The van der Waals surface area contributed by atoms with Gasteiger partial charge in [0.25, 0.3) is 0 Å². The number of hydrogen-bond acceptors (Lipinski definition) is 2. The lowest BCUT2D eigenvalue weighted by molar-refractivity contribution is 0.134. The Morgan fingerprint density at radius 1 is 1.25 bits per heavy atom. The van der Waals surface area contributed by atoms with Gasteiger partial charge in [0.2, 0.25) is 0 Å². The van der Waals surface area contributed by atoms with Gasteiger partial charge in [-0.2, -0.15) is 0 Å². The van der Waals surface area contributed by atoms with Crippen molar-refractivity contribution in [1.82, 2.24) is 10.6 Å². The Kier molecular flexibility index (Phi) is 5.36. The van der Waals surface area contributed by atoms with Crippen molar-refractivity contribution >= 4 is 6.03 Å². The van der Waals surface area contributed by atoms with Crippen molar-refractivity contribution < 1.29 is 9.53 Å². The van der Waals surface area contributed by atoms with Gasteiger partial charge >= 0.3 is 6.03 Å². The fourth-order valence-corrected chi connectivity index (χ4v) is 1.24. The second kappa shape index (κ2) is 6.85. The third-order valence-electron chi connectivity index (χ3n) is 2.18. The minimum atomic E-state index is -0.168. The molecule has 0 heterocycles. The molecule has 0 aliphatic rings. The van der Waals surface area contributed by atoms with Crippen molar-refractivity contribution in [1.29, 1.82) is 0 Å². The van der Waals surface area contributed by atoms with Crippen molar-refractivity contribution in [2.45, 2.75) is 20.1 Å². The van der Waals surface area contributed by atoms with Gasteiger partial charge in [-0.15, -0.1) is 0 Å². The van der Waals surface area contributed by atoms with Crippen LogP contribution in [0.5, 0.6) is 0 Å². The predicted molar refractivity (Wildman–Crippen MR) is 63.1 cm³/mol. The van der Waals surface area contributed by atoms with Crippen LogP contribution >= 0.6 is 0 Å². The first kappa shape index (κ1) is 12.5. The third-order valence-corrected chi connectivity index (χ3v) is 2.18. The van der Waals surface area contributed by atoms with E-state index in [2.05, 4.69) is 10.6 Å². The molecule has 0 aromatic heterocycles. The Labute approximate surface area is 96.0 Å². The highest BCUT2D eigenvalue weighted by Gasteiger charge is 1.97. The fraction of sp³-hybridized carbons (Fsp3) is 0.417. The summed E-state index contributed by atoms with van der Waals surface area (Å²) in [6.07, 6.45) is 0. The van der Waals surface area contributed by atoms with E-state index in [1.165, 1.54) is 0 Å². The van der Waals surface area contributed by atoms with Gasteiger partial charge in [-0.05, 0) is 18.1 Å². The highest BCUT2D eigenvalue weighted by atomic mass is 16.5. The van der Waals surface area contributed by atoms with E-state index < -0.39 is 0 Å². The third kappa shape index (κ3) is 4.31. The summed E-state index contributed by atoms with van der Waals surface area (Å²) < 4.78 is 5.30. The van der Waals surface area contributed by atoms with E-state index in [-0.39, 0.29) is 6.03 Å². The summed E-state index contributed by atoms with van der Waals surface area (Å²) in [4.78, 5) is 11.0. The second-order valence-corrected chi connectivity index (χ2v) is 3.39. The molecule has 0 fully saturated rings. The van der Waals surface area contributed by atoms with Crippen LogP contribution in [-0.2, 0) is 17.9 Å². The van der Waals surface area contributed by atoms with Gasteiger partial charge < -0.3 is 15.4 Å². The van der Waals surface area contributed by atoms with E-state index in [1.807, 2.05) is 31.2 Å². The number of rotatable bonds is 5. The van der Waals surface area contributed by atoms with E-state index in [9.17, 15) is 4.79 Å². The molecule has 0 saturated heterocycles. The molecular weight excluding hydrogens is 204 g/mol. The van der Waals surface area contributed by atoms with Crippen LogP contribution in [0.1, 0.15) is 18.1 Å². The molecule has 0 bridgehead atoms. The van der Waals surface area contributed by atoms with Crippen LogP contribution in [0, 0.1) is 0 Å². The summed E-state index contributed by atoms with van der Waals surface area (Å²) in [7, 11) is 1.60. The first-order valence-corrected chi connectivity index (χ1v) is 5.37. The molecule has 16 heavy (non-hydrogen) atoms. The monoisotopic (exact) mass is 222 g/mol. The van der Waals surface area contributed by atoms with Gasteiger partial charge in [0, 0.05) is 20.2 Å². The van der Waals surface area contributed by atoms with Gasteiger partial charge in [-0.25, -0.2) is 4.79 Å². The summed E-state index contributed by atoms with van der Waals surface area (Å²) in [6.45, 7) is 3.87. The van der Waals surface area contributed by atoms with Crippen LogP contribution in [-0.4, -0.2) is 19.7 Å². The molecule has 0 radical (unpaired) electrons. The number of hydrogen-bond donors (Lipinski definition) is 2. The summed E-state index contributed by atoms with van der Waals surface area (Å²) in [5.41, 5.74) is 2.22. The molecule has 1 aromatic rings. The van der Waals surface area contributed by atoms with Crippen molar-refractivity contribution in [3.05, 3.63) is 35.4 Å². The molecule has 0 spiro atoms. The van der Waals surface area contributed by atoms with Crippen LogP contribution < -0.4 is 10.6 Å². The maximum atomic E-state index is 11.0. The Bertz CT molecular complexity index is 322. The lowest BCUT2D eigenvalue weighted by Gasteiger charge is -2.06. The molecule has 1 aromatic carbocycles. The highest BCUT2D eigenvalue weighted by molar-refractivity contribution is 5.73. The molecule has 0 atom stereocenters. The van der Waals surface area contributed by atoms with Crippen LogP contribution in [0.4, 0.5) is 4.79 Å². The molecule has 0 unspecified atom stereocenters. The zero-order valence-corrected chi connectivity index (χ0v) is 9.75. The first-order valence-electron chi connectivity index (χ1n) is 5.37. The Morgan fingerprint density at radius 2 is 1.88 bits per heavy atom. The Morgan fingerprint density at radius 3 is 2.44 bits per heavy atom.